The molecule has 0 aliphatic rings. The van der Waals surface area contributed by atoms with E-state index in [0.29, 0.717) is 12.3 Å². The van der Waals surface area contributed by atoms with Crippen molar-refractivity contribution in [1.29, 1.82) is 0 Å². The number of benzene rings is 1. The van der Waals surface area contributed by atoms with Gasteiger partial charge in [-0.1, -0.05) is 19.9 Å². The maximum Gasteiger partial charge on any atom is 0.165 e. The van der Waals surface area contributed by atoms with Crippen molar-refractivity contribution in [2.24, 2.45) is 0 Å². The number of likely N-dealkylation sites (N-methyl/N-ethyl adjacent to an activating group) is 1. The van der Waals surface area contributed by atoms with Crippen LogP contribution >= 0.6 is 0 Å². The predicted octanol–water partition coefficient (Wildman–Crippen LogP) is 2.66. The van der Waals surface area contributed by atoms with Gasteiger partial charge in [-0.2, -0.15) is 0 Å². The van der Waals surface area contributed by atoms with Crippen molar-refractivity contribution in [3.63, 3.8) is 0 Å². The van der Waals surface area contributed by atoms with E-state index in [1.807, 2.05) is 6.07 Å². The summed E-state index contributed by atoms with van der Waals surface area (Å²) >= 11 is 0. The van der Waals surface area contributed by atoms with Gasteiger partial charge >= 0.3 is 0 Å². The highest BCUT2D eigenvalue weighted by Crippen LogP contribution is 2.17. The van der Waals surface area contributed by atoms with Gasteiger partial charge in [-0.3, -0.25) is 0 Å². The Hall–Kier alpha value is -1.13. The first-order valence-electron chi connectivity index (χ1n) is 6.96. The fourth-order valence-corrected chi connectivity index (χ4v) is 2.03. The molecule has 0 saturated carbocycles. The molecule has 1 aromatic rings. The lowest BCUT2D eigenvalue weighted by molar-refractivity contribution is 0.287. The van der Waals surface area contributed by atoms with Crippen molar-refractivity contribution in [3.8, 4) is 5.75 Å². The van der Waals surface area contributed by atoms with E-state index in [1.54, 1.807) is 6.07 Å². The lowest BCUT2D eigenvalue weighted by Gasteiger charge is -2.19. The Bertz CT molecular complexity index is 371. The molecule has 108 valence electrons. The standard InChI is InChI=1S/C15H25FN2O/c1-4-9-18(5-2)10-8-17-12-13-6-7-15(19-3)14(16)11-13/h6-7,11,17H,4-5,8-10,12H2,1-3H3. The molecular formula is C15H25FN2O. The summed E-state index contributed by atoms with van der Waals surface area (Å²) in [4.78, 5) is 2.40. The van der Waals surface area contributed by atoms with Gasteiger partial charge in [0.05, 0.1) is 7.11 Å². The summed E-state index contributed by atoms with van der Waals surface area (Å²) in [7, 11) is 1.48. The number of halogens is 1. The molecule has 0 aliphatic carbocycles. The zero-order chi connectivity index (χ0) is 14.1. The third-order valence-electron chi connectivity index (χ3n) is 3.14. The Morgan fingerprint density at radius 2 is 2.05 bits per heavy atom. The van der Waals surface area contributed by atoms with Crippen molar-refractivity contribution >= 4 is 0 Å². The molecule has 0 saturated heterocycles. The maximum atomic E-state index is 13.5. The second-order valence-corrected chi connectivity index (χ2v) is 4.58. The Kier molecular flexibility index (Phi) is 7.45. The van der Waals surface area contributed by atoms with Crippen LogP contribution in [0.5, 0.6) is 5.75 Å². The first-order valence-corrected chi connectivity index (χ1v) is 6.96. The average Bonchev–Trinajstić information content (AvgIpc) is 2.42. The Morgan fingerprint density at radius 1 is 1.26 bits per heavy atom. The molecule has 1 rings (SSSR count). The van der Waals surface area contributed by atoms with Crippen LogP contribution in [-0.4, -0.2) is 38.2 Å². The summed E-state index contributed by atoms with van der Waals surface area (Å²) in [5, 5.41) is 3.34. The molecule has 0 bridgehead atoms. The van der Waals surface area contributed by atoms with E-state index in [0.717, 1.165) is 31.7 Å². The predicted molar refractivity (Wildman–Crippen MR) is 77.1 cm³/mol. The van der Waals surface area contributed by atoms with E-state index >= 15 is 0 Å². The van der Waals surface area contributed by atoms with Crippen molar-refractivity contribution in [2.45, 2.75) is 26.8 Å². The van der Waals surface area contributed by atoms with E-state index in [9.17, 15) is 4.39 Å². The van der Waals surface area contributed by atoms with Gasteiger partial charge in [-0.15, -0.1) is 0 Å². The van der Waals surface area contributed by atoms with Crippen LogP contribution in [0.4, 0.5) is 4.39 Å². The van der Waals surface area contributed by atoms with Crippen LogP contribution in [0.3, 0.4) is 0 Å². The molecule has 1 N–H and O–H groups in total. The van der Waals surface area contributed by atoms with Gasteiger partial charge in [0.25, 0.3) is 0 Å². The first-order chi connectivity index (χ1) is 9.21. The van der Waals surface area contributed by atoms with E-state index in [2.05, 4.69) is 24.1 Å². The summed E-state index contributed by atoms with van der Waals surface area (Å²) in [6.45, 7) is 9.21. The van der Waals surface area contributed by atoms with Crippen molar-refractivity contribution in [3.05, 3.63) is 29.6 Å². The molecule has 0 aliphatic heterocycles. The van der Waals surface area contributed by atoms with Crippen molar-refractivity contribution < 1.29 is 9.13 Å². The Labute approximate surface area is 115 Å². The number of hydrogen-bond acceptors (Lipinski definition) is 3. The summed E-state index contributed by atoms with van der Waals surface area (Å²) in [5.74, 6) is -0.00757. The van der Waals surface area contributed by atoms with Crippen LogP contribution in [0.15, 0.2) is 18.2 Å². The van der Waals surface area contributed by atoms with Gasteiger partial charge in [0.2, 0.25) is 0 Å². The summed E-state index contributed by atoms with van der Waals surface area (Å²) in [6, 6.07) is 5.08. The van der Waals surface area contributed by atoms with Gasteiger partial charge in [0, 0.05) is 19.6 Å². The van der Waals surface area contributed by atoms with E-state index in [4.69, 9.17) is 4.74 Å². The minimum Gasteiger partial charge on any atom is -0.494 e. The topological polar surface area (TPSA) is 24.5 Å². The quantitative estimate of drug-likeness (QED) is 0.697. The Morgan fingerprint density at radius 3 is 2.63 bits per heavy atom. The fraction of sp³-hybridized carbons (Fsp3) is 0.600. The average molecular weight is 268 g/mol. The summed E-state index contributed by atoms with van der Waals surface area (Å²) in [5.41, 5.74) is 0.942. The fourth-order valence-electron chi connectivity index (χ4n) is 2.03. The van der Waals surface area contributed by atoms with Crippen molar-refractivity contribution in [2.75, 3.05) is 33.3 Å². The van der Waals surface area contributed by atoms with Gasteiger partial charge < -0.3 is 15.0 Å². The SMILES string of the molecule is CCCN(CC)CCNCc1ccc(OC)c(F)c1. The zero-order valence-electron chi connectivity index (χ0n) is 12.2. The molecule has 0 spiro atoms. The third kappa shape index (κ3) is 5.57. The van der Waals surface area contributed by atoms with Gasteiger partial charge in [-0.25, -0.2) is 4.39 Å². The molecule has 0 fully saturated rings. The molecule has 4 heteroatoms. The molecule has 0 aromatic heterocycles. The minimum absolute atomic E-state index is 0.295. The van der Waals surface area contributed by atoms with Gasteiger partial charge in [-0.05, 0) is 37.2 Å². The molecule has 0 unspecified atom stereocenters. The van der Waals surface area contributed by atoms with Crippen LogP contribution in [-0.2, 0) is 6.54 Å². The lowest BCUT2D eigenvalue weighted by Crippen LogP contribution is -2.32. The van der Waals surface area contributed by atoms with E-state index < -0.39 is 0 Å². The van der Waals surface area contributed by atoms with Gasteiger partial charge in [0.1, 0.15) is 0 Å². The largest absolute Gasteiger partial charge is 0.494 e. The first kappa shape index (κ1) is 15.9. The molecule has 0 atom stereocenters. The van der Waals surface area contributed by atoms with Crippen LogP contribution in [0, 0.1) is 5.82 Å². The smallest absolute Gasteiger partial charge is 0.165 e. The highest BCUT2D eigenvalue weighted by molar-refractivity contribution is 5.29. The monoisotopic (exact) mass is 268 g/mol. The maximum absolute atomic E-state index is 13.5. The van der Waals surface area contributed by atoms with Gasteiger partial charge in [0.15, 0.2) is 11.6 Å². The number of rotatable bonds is 9. The molecule has 0 amide bonds. The molecule has 1 aromatic carbocycles. The number of methoxy groups -OCH3 is 1. The highest BCUT2D eigenvalue weighted by Gasteiger charge is 2.03. The van der Waals surface area contributed by atoms with Crippen molar-refractivity contribution in [1.82, 2.24) is 10.2 Å². The van der Waals surface area contributed by atoms with E-state index in [1.165, 1.54) is 19.6 Å². The molecule has 0 radical (unpaired) electrons. The molecule has 19 heavy (non-hydrogen) atoms. The minimum atomic E-state index is -0.303. The summed E-state index contributed by atoms with van der Waals surface area (Å²) in [6.07, 6.45) is 1.18. The highest BCUT2D eigenvalue weighted by atomic mass is 19.1. The number of nitrogens with one attached hydrogen (secondary N) is 1. The number of hydrogen-bond donors (Lipinski definition) is 1. The van der Waals surface area contributed by atoms with Crippen LogP contribution in [0.1, 0.15) is 25.8 Å². The second kappa shape index (κ2) is 8.88. The normalized spacial score (nSPS) is 11.0. The summed E-state index contributed by atoms with van der Waals surface area (Å²) < 4.78 is 18.4. The van der Waals surface area contributed by atoms with Crippen LogP contribution in [0.2, 0.25) is 0 Å². The Balaban J connectivity index is 2.31. The third-order valence-corrected chi connectivity index (χ3v) is 3.14. The van der Waals surface area contributed by atoms with Crippen LogP contribution < -0.4 is 10.1 Å². The zero-order valence-corrected chi connectivity index (χ0v) is 12.2. The number of nitrogens with zero attached hydrogens (tertiary/aromatic N) is 1. The van der Waals surface area contributed by atoms with E-state index in [-0.39, 0.29) is 5.82 Å². The number of ether oxygens (including phenoxy) is 1. The molecular weight excluding hydrogens is 243 g/mol. The molecule has 0 heterocycles. The van der Waals surface area contributed by atoms with Crippen LogP contribution in [0.25, 0.3) is 0 Å². The second-order valence-electron chi connectivity index (χ2n) is 4.58. The molecule has 3 nitrogen and oxygen atoms in total. The lowest BCUT2D eigenvalue weighted by atomic mass is 10.2.